The van der Waals surface area contributed by atoms with Crippen LogP contribution in [-0.4, -0.2) is 14.9 Å². The van der Waals surface area contributed by atoms with E-state index >= 15 is 0 Å². The summed E-state index contributed by atoms with van der Waals surface area (Å²) in [5, 5.41) is 15.2. The Balaban J connectivity index is 1.75. The molecule has 0 spiro atoms. The van der Waals surface area contributed by atoms with Crippen LogP contribution in [0.1, 0.15) is 11.1 Å². The van der Waals surface area contributed by atoms with E-state index in [1.807, 2.05) is 71.6 Å². The van der Waals surface area contributed by atoms with Crippen molar-refractivity contribution in [3.05, 3.63) is 113 Å². The predicted molar refractivity (Wildman–Crippen MR) is 118 cm³/mol. The molecule has 0 aliphatic rings. The Morgan fingerprint density at radius 1 is 0.933 bits per heavy atom. The minimum Gasteiger partial charge on any atom is -0.366 e. The number of aromatic amines is 1. The van der Waals surface area contributed by atoms with Gasteiger partial charge in [-0.1, -0.05) is 60.7 Å². The number of anilines is 3. The molecule has 0 unspecified atom stereocenters. The van der Waals surface area contributed by atoms with E-state index in [-0.39, 0.29) is 10.6 Å². The monoisotopic (exact) mass is 399 g/mol. The van der Waals surface area contributed by atoms with Crippen molar-refractivity contribution in [2.24, 2.45) is 0 Å². The van der Waals surface area contributed by atoms with E-state index in [2.05, 4.69) is 15.3 Å². The molecule has 2 N–H and O–H groups in total. The van der Waals surface area contributed by atoms with Gasteiger partial charge in [0.1, 0.15) is 5.69 Å². The average Bonchev–Trinajstić information content (AvgIpc) is 3.27. The van der Waals surface area contributed by atoms with Crippen molar-refractivity contribution in [1.82, 2.24) is 9.97 Å². The highest BCUT2D eigenvalue weighted by Gasteiger charge is 2.26. The van der Waals surface area contributed by atoms with Crippen LogP contribution in [0.15, 0.2) is 91.4 Å². The minimum absolute atomic E-state index is 0.0504. The Morgan fingerprint density at radius 2 is 1.57 bits per heavy atom. The van der Waals surface area contributed by atoms with Crippen LogP contribution in [0.3, 0.4) is 0 Å². The molecule has 150 valence electrons. The summed E-state index contributed by atoms with van der Waals surface area (Å²) in [5.74, 6) is 0.327. The molecule has 2 aromatic carbocycles. The number of nitrogens with one attached hydrogen (secondary N) is 2. The molecule has 7 heteroatoms. The highest BCUT2D eigenvalue weighted by Crippen LogP contribution is 2.36. The lowest BCUT2D eigenvalue weighted by molar-refractivity contribution is -0.383. The lowest BCUT2D eigenvalue weighted by Gasteiger charge is -2.24. The number of rotatable bonds is 8. The Labute approximate surface area is 174 Å². The minimum atomic E-state index is -0.375. The molecule has 0 aliphatic carbocycles. The van der Waals surface area contributed by atoms with Crippen molar-refractivity contribution in [3.63, 3.8) is 0 Å². The predicted octanol–water partition coefficient (Wildman–Crippen LogP) is 5.27. The highest BCUT2D eigenvalue weighted by atomic mass is 16.6. The Hall–Kier alpha value is -4.13. The molecular weight excluding hydrogens is 378 g/mol. The molecular formula is C23H21N5O2. The third-order valence-corrected chi connectivity index (χ3v) is 4.70. The van der Waals surface area contributed by atoms with Crippen LogP contribution in [0.5, 0.6) is 0 Å². The van der Waals surface area contributed by atoms with Gasteiger partial charge in [-0.3, -0.25) is 10.1 Å². The second-order valence-electron chi connectivity index (χ2n) is 6.84. The van der Waals surface area contributed by atoms with Gasteiger partial charge in [0.15, 0.2) is 0 Å². The fourth-order valence-electron chi connectivity index (χ4n) is 3.33. The third kappa shape index (κ3) is 4.47. The summed E-state index contributed by atoms with van der Waals surface area (Å²) in [4.78, 5) is 21.0. The number of nitrogens with zero attached hydrogens (tertiary/aromatic N) is 3. The first-order valence-corrected chi connectivity index (χ1v) is 9.57. The number of benzene rings is 2. The van der Waals surface area contributed by atoms with E-state index < -0.39 is 0 Å². The van der Waals surface area contributed by atoms with Gasteiger partial charge in [0.25, 0.3) is 0 Å². The normalized spacial score (nSPS) is 10.5. The zero-order valence-electron chi connectivity index (χ0n) is 16.2. The molecule has 30 heavy (non-hydrogen) atoms. The van der Waals surface area contributed by atoms with E-state index in [1.165, 1.54) is 0 Å². The number of hydrogen-bond acceptors (Lipinski definition) is 5. The van der Waals surface area contributed by atoms with Gasteiger partial charge in [-0.15, -0.1) is 0 Å². The van der Waals surface area contributed by atoms with Gasteiger partial charge < -0.3 is 15.2 Å². The summed E-state index contributed by atoms with van der Waals surface area (Å²) in [7, 11) is 0. The number of nitro groups is 1. The highest BCUT2D eigenvalue weighted by molar-refractivity contribution is 5.77. The molecule has 0 saturated carbocycles. The SMILES string of the molecule is O=[N+]([O-])c1c(Nc2cc[nH]c2)ccnc1N(Cc1ccccc1)Cc1ccccc1. The van der Waals surface area contributed by atoms with Crippen LogP contribution in [0.2, 0.25) is 0 Å². The molecule has 0 saturated heterocycles. The zero-order chi connectivity index (χ0) is 20.8. The van der Waals surface area contributed by atoms with Gasteiger partial charge >= 0.3 is 5.69 Å². The maximum absolute atomic E-state index is 12.1. The van der Waals surface area contributed by atoms with Crippen molar-refractivity contribution in [1.29, 1.82) is 0 Å². The summed E-state index contributed by atoms with van der Waals surface area (Å²) >= 11 is 0. The van der Waals surface area contributed by atoms with Gasteiger partial charge in [0.2, 0.25) is 5.82 Å². The quantitative estimate of drug-likeness (QED) is 0.311. The van der Waals surface area contributed by atoms with Crippen LogP contribution < -0.4 is 10.2 Å². The van der Waals surface area contributed by atoms with Crippen LogP contribution in [0, 0.1) is 10.1 Å². The molecule has 0 bridgehead atoms. The maximum Gasteiger partial charge on any atom is 0.334 e. The van der Waals surface area contributed by atoms with Crippen molar-refractivity contribution < 1.29 is 4.92 Å². The van der Waals surface area contributed by atoms with E-state index in [4.69, 9.17) is 0 Å². The second-order valence-corrected chi connectivity index (χ2v) is 6.84. The molecule has 0 amide bonds. The number of aromatic nitrogens is 2. The molecule has 0 aliphatic heterocycles. The van der Waals surface area contributed by atoms with E-state index in [0.717, 1.165) is 16.8 Å². The topological polar surface area (TPSA) is 87.1 Å². The number of H-pyrrole nitrogens is 1. The van der Waals surface area contributed by atoms with E-state index in [9.17, 15) is 10.1 Å². The molecule has 0 atom stereocenters. The zero-order valence-corrected chi connectivity index (χ0v) is 16.2. The summed E-state index contributed by atoms with van der Waals surface area (Å²) in [6, 6.07) is 23.2. The molecule has 4 rings (SSSR count). The summed E-state index contributed by atoms with van der Waals surface area (Å²) in [5.41, 5.74) is 3.19. The molecule has 4 aromatic rings. The lowest BCUT2D eigenvalue weighted by Crippen LogP contribution is -2.24. The Bertz CT molecular complexity index is 1060. The fourth-order valence-corrected chi connectivity index (χ4v) is 3.33. The fraction of sp³-hybridized carbons (Fsp3) is 0.0870. The first-order chi connectivity index (χ1) is 14.7. The first kappa shape index (κ1) is 19.2. The molecule has 0 fully saturated rings. The molecule has 0 radical (unpaired) electrons. The van der Waals surface area contributed by atoms with Gasteiger partial charge in [-0.2, -0.15) is 0 Å². The van der Waals surface area contributed by atoms with Crippen LogP contribution in [0.25, 0.3) is 0 Å². The van der Waals surface area contributed by atoms with Crippen molar-refractivity contribution in [2.75, 3.05) is 10.2 Å². The smallest absolute Gasteiger partial charge is 0.334 e. The molecule has 2 heterocycles. The summed E-state index contributed by atoms with van der Waals surface area (Å²) in [6.45, 7) is 0.994. The Morgan fingerprint density at radius 3 is 2.10 bits per heavy atom. The average molecular weight is 399 g/mol. The van der Waals surface area contributed by atoms with Gasteiger partial charge in [0, 0.05) is 31.7 Å². The van der Waals surface area contributed by atoms with Gasteiger partial charge in [0.05, 0.1) is 10.6 Å². The summed E-state index contributed by atoms with van der Waals surface area (Å²) < 4.78 is 0. The largest absolute Gasteiger partial charge is 0.366 e. The number of pyridine rings is 1. The van der Waals surface area contributed by atoms with E-state index in [1.54, 1.807) is 24.7 Å². The third-order valence-electron chi connectivity index (χ3n) is 4.70. The van der Waals surface area contributed by atoms with E-state index in [0.29, 0.717) is 24.6 Å². The van der Waals surface area contributed by atoms with Crippen molar-refractivity contribution in [3.8, 4) is 0 Å². The Kier molecular flexibility index (Phi) is 5.70. The van der Waals surface area contributed by atoms with Crippen LogP contribution in [-0.2, 0) is 13.1 Å². The standard InChI is InChI=1S/C23H21N5O2/c29-28(30)22-21(26-20-11-13-24-15-20)12-14-25-23(22)27(16-18-7-3-1-4-8-18)17-19-9-5-2-6-10-19/h1-15,24H,16-17H2,(H,25,26). The van der Waals surface area contributed by atoms with Crippen LogP contribution in [0.4, 0.5) is 22.9 Å². The maximum atomic E-state index is 12.1. The van der Waals surface area contributed by atoms with Crippen molar-refractivity contribution in [2.45, 2.75) is 13.1 Å². The number of hydrogen-bond donors (Lipinski definition) is 2. The first-order valence-electron chi connectivity index (χ1n) is 9.57. The second kappa shape index (κ2) is 8.91. The molecule has 7 nitrogen and oxygen atoms in total. The van der Waals surface area contributed by atoms with Crippen molar-refractivity contribution >= 4 is 22.9 Å². The van der Waals surface area contributed by atoms with Gasteiger partial charge in [-0.25, -0.2) is 4.98 Å². The summed E-state index contributed by atoms with van der Waals surface area (Å²) in [6.07, 6.45) is 5.10. The van der Waals surface area contributed by atoms with Crippen LogP contribution >= 0.6 is 0 Å². The van der Waals surface area contributed by atoms with Gasteiger partial charge in [-0.05, 0) is 23.3 Å². The molecule has 2 aromatic heterocycles. The lowest BCUT2D eigenvalue weighted by atomic mass is 10.1.